The molecule has 1 heterocycles. The van der Waals surface area contributed by atoms with Gasteiger partial charge in [-0.3, -0.25) is 0 Å². The monoisotopic (exact) mass is 293 g/mol. The van der Waals surface area contributed by atoms with Gasteiger partial charge < -0.3 is 5.11 Å². The van der Waals surface area contributed by atoms with Crippen molar-refractivity contribution in [1.29, 1.82) is 0 Å². The van der Waals surface area contributed by atoms with Gasteiger partial charge in [0.2, 0.25) is 0 Å². The molecule has 2 aromatic rings. The minimum Gasteiger partial charge on any atom is -0.476 e. The van der Waals surface area contributed by atoms with Crippen molar-refractivity contribution in [3.05, 3.63) is 40.2 Å². The Morgan fingerprint density at radius 3 is 2.85 bits per heavy atom. The first-order valence-electron chi connectivity index (χ1n) is 6.49. The van der Waals surface area contributed by atoms with E-state index in [-0.39, 0.29) is 5.69 Å². The predicted octanol–water partition coefficient (Wildman–Crippen LogP) is 3.27. The van der Waals surface area contributed by atoms with Crippen molar-refractivity contribution in [3.63, 3.8) is 0 Å². The zero-order valence-corrected chi connectivity index (χ0v) is 12.2. The maximum atomic E-state index is 11.2. The molecule has 20 heavy (non-hydrogen) atoms. The highest BCUT2D eigenvalue weighted by Gasteiger charge is 2.20. The third-order valence-electron chi connectivity index (χ3n) is 3.20. The van der Waals surface area contributed by atoms with Gasteiger partial charge >= 0.3 is 5.97 Å². The normalized spacial score (nSPS) is 10.8. The highest BCUT2D eigenvalue weighted by atomic mass is 35.5. The van der Waals surface area contributed by atoms with Crippen molar-refractivity contribution in [2.45, 2.75) is 33.1 Å². The van der Waals surface area contributed by atoms with Crippen LogP contribution in [0, 0.1) is 6.92 Å². The van der Waals surface area contributed by atoms with Gasteiger partial charge in [0.25, 0.3) is 0 Å². The number of carboxylic acids is 1. The number of aromatic nitrogens is 3. The van der Waals surface area contributed by atoms with Gasteiger partial charge in [0, 0.05) is 5.02 Å². The van der Waals surface area contributed by atoms with Crippen LogP contribution in [0.25, 0.3) is 5.69 Å². The fraction of sp³-hybridized carbons (Fsp3) is 0.357. The number of aromatic carboxylic acids is 1. The number of halogens is 1. The quantitative estimate of drug-likeness (QED) is 0.918. The van der Waals surface area contributed by atoms with E-state index in [1.165, 1.54) is 0 Å². The van der Waals surface area contributed by atoms with E-state index in [2.05, 4.69) is 17.2 Å². The number of carboxylic acid groups (broad SMARTS) is 1. The largest absolute Gasteiger partial charge is 0.476 e. The number of unbranched alkanes of at least 4 members (excludes halogenated alkanes) is 1. The van der Waals surface area contributed by atoms with Gasteiger partial charge in [-0.15, -0.1) is 5.10 Å². The van der Waals surface area contributed by atoms with Crippen LogP contribution in [0.5, 0.6) is 0 Å². The number of rotatable bonds is 5. The fourth-order valence-corrected chi connectivity index (χ4v) is 2.22. The highest BCUT2D eigenvalue weighted by molar-refractivity contribution is 6.31. The molecule has 0 atom stereocenters. The number of hydrogen-bond acceptors (Lipinski definition) is 3. The summed E-state index contributed by atoms with van der Waals surface area (Å²) in [7, 11) is 0. The first-order chi connectivity index (χ1) is 9.56. The second kappa shape index (κ2) is 6.05. The van der Waals surface area contributed by atoms with Crippen molar-refractivity contribution >= 4 is 17.6 Å². The van der Waals surface area contributed by atoms with Gasteiger partial charge in [-0.05, 0) is 37.5 Å². The van der Waals surface area contributed by atoms with Crippen LogP contribution in [-0.4, -0.2) is 26.1 Å². The molecule has 0 aliphatic carbocycles. The summed E-state index contributed by atoms with van der Waals surface area (Å²) in [5.41, 5.74) is 2.25. The lowest BCUT2D eigenvalue weighted by Crippen LogP contribution is -2.08. The zero-order chi connectivity index (χ0) is 14.7. The van der Waals surface area contributed by atoms with Gasteiger partial charge in [0.05, 0.1) is 11.4 Å². The van der Waals surface area contributed by atoms with Crippen molar-refractivity contribution < 1.29 is 9.90 Å². The Labute approximate surface area is 122 Å². The molecular weight excluding hydrogens is 278 g/mol. The standard InChI is InChI=1S/C14H16ClN3O2/c1-3-4-7-12-13(14(19)20)16-17-18(12)11-8-5-6-10(15)9(11)2/h5-6,8H,3-4,7H2,1-2H3,(H,19,20). The van der Waals surface area contributed by atoms with Crippen LogP contribution in [0.15, 0.2) is 18.2 Å². The van der Waals surface area contributed by atoms with Crippen LogP contribution in [-0.2, 0) is 6.42 Å². The summed E-state index contributed by atoms with van der Waals surface area (Å²) in [6.07, 6.45) is 2.48. The number of carbonyl (C=O) groups is 1. The predicted molar refractivity (Wildman–Crippen MR) is 76.7 cm³/mol. The lowest BCUT2D eigenvalue weighted by atomic mass is 10.1. The van der Waals surface area contributed by atoms with Gasteiger partial charge in [0.1, 0.15) is 0 Å². The molecule has 5 nitrogen and oxygen atoms in total. The molecule has 2 rings (SSSR count). The summed E-state index contributed by atoms with van der Waals surface area (Å²) in [5.74, 6) is -1.05. The Kier molecular flexibility index (Phi) is 4.39. The molecule has 0 fully saturated rings. The Morgan fingerprint density at radius 1 is 1.45 bits per heavy atom. The summed E-state index contributed by atoms with van der Waals surface area (Å²) < 4.78 is 1.58. The van der Waals surface area contributed by atoms with Crippen molar-refractivity contribution in [1.82, 2.24) is 15.0 Å². The van der Waals surface area contributed by atoms with Gasteiger partial charge in [-0.2, -0.15) is 0 Å². The molecule has 106 valence electrons. The molecule has 1 aromatic heterocycles. The van der Waals surface area contributed by atoms with E-state index in [4.69, 9.17) is 11.6 Å². The van der Waals surface area contributed by atoms with Gasteiger partial charge in [-0.25, -0.2) is 9.48 Å². The third-order valence-corrected chi connectivity index (χ3v) is 3.61. The summed E-state index contributed by atoms with van der Waals surface area (Å²) in [5, 5.41) is 17.6. The van der Waals surface area contributed by atoms with E-state index in [0.29, 0.717) is 17.1 Å². The second-order valence-corrected chi connectivity index (χ2v) is 5.00. The Hall–Kier alpha value is -1.88. The Morgan fingerprint density at radius 2 is 2.20 bits per heavy atom. The minimum absolute atomic E-state index is 0.0119. The third kappa shape index (κ3) is 2.67. The van der Waals surface area contributed by atoms with Crippen molar-refractivity contribution in [3.8, 4) is 5.69 Å². The summed E-state index contributed by atoms with van der Waals surface area (Å²) >= 11 is 6.11. The van der Waals surface area contributed by atoms with Crippen LogP contribution >= 0.6 is 11.6 Å². The highest BCUT2D eigenvalue weighted by Crippen LogP contribution is 2.24. The molecule has 0 amide bonds. The first kappa shape index (κ1) is 14.5. The summed E-state index contributed by atoms with van der Waals surface area (Å²) in [6.45, 7) is 3.93. The van der Waals surface area contributed by atoms with Crippen LogP contribution in [0.1, 0.15) is 41.5 Å². The maximum absolute atomic E-state index is 11.2. The van der Waals surface area contributed by atoms with E-state index in [1.54, 1.807) is 10.7 Å². The molecule has 0 saturated heterocycles. The minimum atomic E-state index is -1.05. The lowest BCUT2D eigenvalue weighted by Gasteiger charge is -2.10. The van der Waals surface area contributed by atoms with E-state index in [0.717, 1.165) is 24.1 Å². The van der Waals surface area contributed by atoms with Crippen molar-refractivity contribution in [2.24, 2.45) is 0 Å². The topological polar surface area (TPSA) is 68.0 Å². The SMILES string of the molecule is CCCCc1c(C(=O)O)nnn1-c1cccc(Cl)c1C. The molecule has 0 unspecified atom stereocenters. The average Bonchev–Trinajstić information content (AvgIpc) is 2.83. The molecular formula is C14H16ClN3O2. The number of hydrogen-bond donors (Lipinski definition) is 1. The maximum Gasteiger partial charge on any atom is 0.358 e. The lowest BCUT2D eigenvalue weighted by molar-refractivity contribution is 0.0689. The van der Waals surface area contributed by atoms with Crippen LogP contribution < -0.4 is 0 Å². The summed E-state index contributed by atoms with van der Waals surface area (Å²) in [4.78, 5) is 11.2. The molecule has 0 bridgehead atoms. The number of nitrogens with zero attached hydrogens (tertiary/aromatic N) is 3. The fourth-order valence-electron chi connectivity index (χ4n) is 2.06. The molecule has 1 N–H and O–H groups in total. The zero-order valence-electron chi connectivity index (χ0n) is 11.4. The average molecular weight is 294 g/mol. The first-order valence-corrected chi connectivity index (χ1v) is 6.87. The van der Waals surface area contributed by atoms with E-state index < -0.39 is 5.97 Å². The molecule has 6 heteroatoms. The van der Waals surface area contributed by atoms with Gasteiger partial charge in [-0.1, -0.05) is 36.2 Å². The number of benzene rings is 1. The van der Waals surface area contributed by atoms with E-state index >= 15 is 0 Å². The Bertz CT molecular complexity index is 637. The van der Waals surface area contributed by atoms with E-state index in [1.807, 2.05) is 19.1 Å². The van der Waals surface area contributed by atoms with Crippen LogP contribution in [0.2, 0.25) is 5.02 Å². The molecule has 0 radical (unpaired) electrons. The van der Waals surface area contributed by atoms with Crippen molar-refractivity contribution in [2.75, 3.05) is 0 Å². The molecule has 1 aromatic carbocycles. The second-order valence-electron chi connectivity index (χ2n) is 4.59. The smallest absolute Gasteiger partial charge is 0.358 e. The van der Waals surface area contributed by atoms with Crippen LogP contribution in [0.3, 0.4) is 0 Å². The Balaban J connectivity index is 2.56. The summed E-state index contributed by atoms with van der Waals surface area (Å²) in [6, 6.07) is 5.47. The molecule has 0 aliphatic heterocycles. The van der Waals surface area contributed by atoms with E-state index in [9.17, 15) is 9.90 Å². The van der Waals surface area contributed by atoms with Crippen LogP contribution in [0.4, 0.5) is 0 Å². The molecule has 0 spiro atoms. The molecule has 0 aliphatic rings. The van der Waals surface area contributed by atoms with Gasteiger partial charge in [0.15, 0.2) is 5.69 Å². The molecule has 0 saturated carbocycles.